The van der Waals surface area contributed by atoms with E-state index < -0.39 is 17.7 Å². The first-order valence-corrected chi connectivity index (χ1v) is 11.7. The van der Waals surface area contributed by atoms with Crippen molar-refractivity contribution in [2.24, 2.45) is 0 Å². The Morgan fingerprint density at radius 3 is 2.86 bits per heavy atom. The number of aldehydes is 1. The van der Waals surface area contributed by atoms with E-state index in [4.69, 9.17) is 9.72 Å². The van der Waals surface area contributed by atoms with E-state index in [1.165, 1.54) is 17.7 Å². The molecule has 0 bridgehead atoms. The third kappa shape index (κ3) is 3.64. The van der Waals surface area contributed by atoms with Crippen molar-refractivity contribution in [3.63, 3.8) is 0 Å². The lowest BCUT2D eigenvalue weighted by atomic mass is 9.81. The first-order chi connectivity index (χ1) is 17.3. The van der Waals surface area contributed by atoms with Gasteiger partial charge in [-0.2, -0.15) is 0 Å². The summed E-state index contributed by atoms with van der Waals surface area (Å²) in [7, 11) is 1.42. The molecular formula is C26H26FN3O6. The lowest BCUT2D eigenvalue weighted by Crippen LogP contribution is -2.32. The Bertz CT molecular complexity index is 1480. The molecular weight excluding hydrogens is 469 g/mol. The second-order valence-corrected chi connectivity index (χ2v) is 9.21. The van der Waals surface area contributed by atoms with E-state index >= 15 is 0 Å². The molecule has 1 aliphatic heterocycles. The van der Waals surface area contributed by atoms with Crippen LogP contribution in [0.5, 0.6) is 0 Å². The molecule has 0 saturated heterocycles. The summed E-state index contributed by atoms with van der Waals surface area (Å²) in [5, 5.41) is 23.3. The molecule has 1 unspecified atom stereocenters. The Morgan fingerprint density at radius 1 is 1.39 bits per heavy atom. The van der Waals surface area contributed by atoms with Crippen molar-refractivity contribution >= 4 is 23.1 Å². The Kier molecular flexibility index (Phi) is 6.19. The van der Waals surface area contributed by atoms with Gasteiger partial charge in [-0.05, 0) is 42.5 Å². The average Bonchev–Trinajstić information content (AvgIpc) is 3.22. The number of fused-ring (bicyclic) bond motifs is 4. The van der Waals surface area contributed by atoms with Crippen LogP contribution < -0.4 is 10.9 Å². The third-order valence-electron chi connectivity index (χ3n) is 7.18. The number of aryl methyl sites for hydroxylation is 1. The highest BCUT2D eigenvalue weighted by molar-refractivity contribution is 5.93. The molecule has 0 saturated carbocycles. The maximum atomic E-state index is 14.8. The van der Waals surface area contributed by atoms with Gasteiger partial charge in [0.15, 0.2) is 6.29 Å². The fraction of sp³-hybridized carbons (Fsp3) is 0.385. The molecule has 0 fully saturated rings. The van der Waals surface area contributed by atoms with Crippen molar-refractivity contribution in [2.75, 3.05) is 13.7 Å². The van der Waals surface area contributed by atoms with E-state index in [0.29, 0.717) is 41.6 Å². The molecule has 1 aliphatic carbocycles. The second kappa shape index (κ2) is 9.20. The number of rotatable bonds is 7. The summed E-state index contributed by atoms with van der Waals surface area (Å²) in [6.45, 7) is 1.51. The Morgan fingerprint density at radius 2 is 2.17 bits per heavy atom. The van der Waals surface area contributed by atoms with E-state index in [9.17, 15) is 29.0 Å². The maximum Gasteiger partial charge on any atom is 0.257 e. The summed E-state index contributed by atoms with van der Waals surface area (Å²) in [4.78, 5) is 42.0. The summed E-state index contributed by atoms with van der Waals surface area (Å²) >= 11 is 0. The molecule has 10 heteroatoms. The first kappa shape index (κ1) is 24.2. The number of ether oxygens (including phenoxy) is 1. The zero-order valence-electron chi connectivity index (χ0n) is 19.9. The second-order valence-electron chi connectivity index (χ2n) is 9.21. The number of hydrogen-bond acceptors (Lipinski definition) is 7. The van der Waals surface area contributed by atoms with Gasteiger partial charge in [-0.15, -0.1) is 0 Å². The molecule has 0 radical (unpaired) electrons. The summed E-state index contributed by atoms with van der Waals surface area (Å²) in [5.41, 5.74) is 3.98. The van der Waals surface area contributed by atoms with Crippen LogP contribution in [0.25, 0.3) is 22.3 Å². The van der Waals surface area contributed by atoms with Crippen LogP contribution in [0.3, 0.4) is 0 Å². The topological polar surface area (TPSA) is 131 Å². The fourth-order valence-electron chi connectivity index (χ4n) is 5.50. The first-order valence-electron chi connectivity index (χ1n) is 11.7. The summed E-state index contributed by atoms with van der Waals surface area (Å²) in [5.74, 6) is -0.698. The summed E-state index contributed by atoms with van der Waals surface area (Å²) in [6.07, 6.45) is -0.160. The molecule has 3 heterocycles. The predicted molar refractivity (Wildman–Crippen MR) is 128 cm³/mol. The molecule has 36 heavy (non-hydrogen) atoms. The minimum absolute atomic E-state index is 0.0464. The van der Waals surface area contributed by atoms with E-state index in [1.807, 2.05) is 0 Å². The van der Waals surface area contributed by atoms with Gasteiger partial charge < -0.3 is 29.6 Å². The standard InChI is InChI=1S/C26H26FN3O6/c1-12-13-3-4-18(28-22(34)5-6-31)24-15-9-30-20(25(15)29-19(23(13)24)8-17(12)27)7-14(21(33)10-32)16(11-36-2)26(30)35/h7-8,10,18,21,31,33H,3-6,9,11H2,1-2H3,(H,28,34)/t18-,21?/m0/s1. The largest absolute Gasteiger partial charge is 0.396 e. The molecule has 1 aromatic carbocycles. The Hall–Kier alpha value is -3.47. The number of nitrogens with zero attached hydrogens (tertiary/aromatic N) is 2. The van der Waals surface area contributed by atoms with Gasteiger partial charge in [0.1, 0.15) is 11.9 Å². The van der Waals surface area contributed by atoms with E-state index in [-0.39, 0.29) is 49.0 Å². The van der Waals surface area contributed by atoms with E-state index in [0.717, 1.165) is 22.1 Å². The minimum atomic E-state index is -1.52. The summed E-state index contributed by atoms with van der Waals surface area (Å²) in [6, 6.07) is 2.50. The molecule has 3 N–H and O–H groups in total. The molecule has 2 atom stereocenters. The molecule has 2 aromatic heterocycles. The van der Waals surface area contributed by atoms with Gasteiger partial charge in [0, 0.05) is 41.7 Å². The van der Waals surface area contributed by atoms with Crippen LogP contribution in [-0.4, -0.2) is 45.7 Å². The molecule has 1 amide bonds. The van der Waals surface area contributed by atoms with Gasteiger partial charge >= 0.3 is 0 Å². The van der Waals surface area contributed by atoms with Gasteiger partial charge in [-0.1, -0.05) is 0 Å². The molecule has 9 nitrogen and oxygen atoms in total. The highest BCUT2D eigenvalue weighted by atomic mass is 19.1. The number of benzene rings is 1. The Balaban J connectivity index is 1.80. The fourth-order valence-corrected chi connectivity index (χ4v) is 5.50. The normalized spacial score (nSPS) is 16.5. The number of hydrogen-bond donors (Lipinski definition) is 3. The highest BCUT2D eigenvalue weighted by Gasteiger charge is 2.35. The summed E-state index contributed by atoms with van der Waals surface area (Å²) < 4.78 is 21.5. The lowest BCUT2D eigenvalue weighted by Gasteiger charge is -2.29. The van der Waals surface area contributed by atoms with Crippen LogP contribution in [0.2, 0.25) is 0 Å². The third-order valence-corrected chi connectivity index (χ3v) is 7.18. The number of nitrogens with one attached hydrogen (secondary N) is 1. The van der Waals surface area contributed by atoms with Gasteiger partial charge in [0.05, 0.1) is 42.7 Å². The number of halogens is 1. The number of aliphatic hydroxyl groups is 2. The van der Waals surface area contributed by atoms with E-state index in [1.54, 1.807) is 13.0 Å². The lowest BCUT2D eigenvalue weighted by molar-refractivity contribution is -0.122. The predicted octanol–water partition coefficient (Wildman–Crippen LogP) is 1.74. The number of carbonyl (C=O) groups excluding carboxylic acids is 2. The van der Waals surface area contributed by atoms with Crippen LogP contribution in [0.15, 0.2) is 16.9 Å². The number of methoxy groups -OCH3 is 1. The van der Waals surface area contributed by atoms with Crippen molar-refractivity contribution in [2.45, 2.75) is 51.5 Å². The van der Waals surface area contributed by atoms with Gasteiger partial charge in [-0.3, -0.25) is 9.59 Å². The molecule has 5 rings (SSSR count). The number of aliphatic hydroxyl groups excluding tert-OH is 2. The maximum absolute atomic E-state index is 14.8. The number of aromatic nitrogens is 2. The molecule has 3 aromatic rings. The van der Waals surface area contributed by atoms with Gasteiger partial charge in [0.2, 0.25) is 5.91 Å². The molecule has 2 aliphatic rings. The van der Waals surface area contributed by atoms with Crippen molar-refractivity contribution in [1.82, 2.24) is 14.9 Å². The van der Waals surface area contributed by atoms with E-state index in [2.05, 4.69) is 5.32 Å². The van der Waals surface area contributed by atoms with Crippen molar-refractivity contribution in [1.29, 1.82) is 0 Å². The van der Waals surface area contributed by atoms with Crippen LogP contribution in [0.1, 0.15) is 58.4 Å². The van der Waals surface area contributed by atoms with Crippen molar-refractivity contribution in [3.05, 3.63) is 61.7 Å². The Labute approximate surface area is 205 Å². The zero-order valence-corrected chi connectivity index (χ0v) is 19.9. The van der Waals surface area contributed by atoms with Crippen LogP contribution in [0, 0.1) is 12.7 Å². The SMILES string of the molecule is COCc1c(C(O)C=O)cc2n(c1=O)Cc1c-2nc2cc(F)c(C)c3c2c1[C@@H](NC(=O)CCO)CC3. The van der Waals surface area contributed by atoms with Crippen molar-refractivity contribution < 1.29 is 28.9 Å². The minimum Gasteiger partial charge on any atom is -0.396 e. The number of pyridine rings is 2. The quantitative estimate of drug-likeness (QED) is 0.333. The molecule has 0 spiro atoms. The monoisotopic (exact) mass is 495 g/mol. The number of carbonyl (C=O) groups is 2. The smallest absolute Gasteiger partial charge is 0.257 e. The zero-order chi connectivity index (χ0) is 25.7. The highest BCUT2D eigenvalue weighted by Crippen LogP contribution is 2.45. The number of amides is 1. The van der Waals surface area contributed by atoms with Gasteiger partial charge in [-0.25, -0.2) is 9.37 Å². The average molecular weight is 496 g/mol. The molecule has 188 valence electrons. The van der Waals surface area contributed by atoms with Crippen LogP contribution >= 0.6 is 0 Å². The van der Waals surface area contributed by atoms with Crippen LogP contribution in [-0.2, 0) is 33.9 Å². The van der Waals surface area contributed by atoms with Gasteiger partial charge in [0.25, 0.3) is 5.56 Å². The van der Waals surface area contributed by atoms with Crippen molar-refractivity contribution in [3.8, 4) is 11.4 Å². The van der Waals surface area contributed by atoms with Crippen LogP contribution in [0.4, 0.5) is 4.39 Å².